The fraction of sp³-hybridized carbons (Fsp3) is 0.500. The van der Waals surface area contributed by atoms with E-state index in [4.69, 9.17) is 0 Å². The molecule has 0 aromatic heterocycles. The van der Waals surface area contributed by atoms with Crippen molar-refractivity contribution in [3.63, 3.8) is 0 Å². The number of methoxy groups -OCH3 is 4. The van der Waals surface area contributed by atoms with Gasteiger partial charge in [-0.1, -0.05) is 0 Å². The number of carbonyl (C=O) groups is 2. The summed E-state index contributed by atoms with van der Waals surface area (Å²) in [5.41, 5.74) is 0. The quantitative estimate of drug-likeness (QED) is 0.360. The van der Waals surface area contributed by atoms with Crippen molar-refractivity contribution in [3.05, 3.63) is 11.5 Å². The Bertz CT molecular complexity index is 229. The lowest BCUT2D eigenvalue weighted by atomic mass is 10.4. The standard InChI is InChI=1S/C8H12O6/c1-11-5(7(9)13-3)6(12-2)8(10)14-4/h1-4H3/b6-5+. The smallest absolute Gasteiger partial charge is 0.377 e. The molecule has 80 valence electrons. The fourth-order valence-corrected chi connectivity index (χ4v) is 0.723. The van der Waals surface area contributed by atoms with Gasteiger partial charge in [0.15, 0.2) is 0 Å². The van der Waals surface area contributed by atoms with Crippen LogP contribution in [0.1, 0.15) is 0 Å². The molecule has 6 heteroatoms. The summed E-state index contributed by atoms with van der Waals surface area (Å²) in [6.45, 7) is 0. The van der Waals surface area contributed by atoms with Gasteiger partial charge in [-0.25, -0.2) is 9.59 Å². The minimum atomic E-state index is -0.810. The van der Waals surface area contributed by atoms with Gasteiger partial charge >= 0.3 is 11.9 Å². The van der Waals surface area contributed by atoms with E-state index in [1.807, 2.05) is 0 Å². The molecule has 14 heavy (non-hydrogen) atoms. The highest BCUT2D eigenvalue weighted by Crippen LogP contribution is 2.09. The molecule has 0 rings (SSSR count). The highest BCUT2D eigenvalue weighted by Gasteiger charge is 2.24. The maximum atomic E-state index is 11.1. The van der Waals surface area contributed by atoms with Crippen LogP contribution < -0.4 is 0 Å². The van der Waals surface area contributed by atoms with Gasteiger partial charge in [-0.15, -0.1) is 0 Å². The summed E-state index contributed by atoms with van der Waals surface area (Å²) < 4.78 is 18.1. The van der Waals surface area contributed by atoms with Crippen molar-refractivity contribution >= 4 is 11.9 Å². The highest BCUT2D eigenvalue weighted by molar-refractivity contribution is 5.97. The maximum absolute atomic E-state index is 11.1. The van der Waals surface area contributed by atoms with E-state index in [-0.39, 0.29) is 11.5 Å². The number of ether oxygens (including phenoxy) is 4. The second-order valence-corrected chi connectivity index (χ2v) is 2.05. The summed E-state index contributed by atoms with van der Waals surface area (Å²) in [5, 5.41) is 0. The zero-order valence-corrected chi connectivity index (χ0v) is 8.45. The Morgan fingerprint density at radius 3 is 1.07 bits per heavy atom. The third kappa shape index (κ3) is 2.65. The first-order chi connectivity index (χ1) is 6.62. The first kappa shape index (κ1) is 12.3. The van der Waals surface area contributed by atoms with Crippen LogP contribution in [0.25, 0.3) is 0 Å². The minimum Gasteiger partial charge on any atom is -0.487 e. The molecule has 0 saturated heterocycles. The van der Waals surface area contributed by atoms with E-state index < -0.39 is 11.9 Å². The summed E-state index contributed by atoms with van der Waals surface area (Å²) in [6.07, 6.45) is 0. The molecule has 0 saturated carbocycles. The van der Waals surface area contributed by atoms with E-state index in [9.17, 15) is 9.59 Å². The number of hydrogen-bond donors (Lipinski definition) is 0. The lowest BCUT2D eigenvalue weighted by molar-refractivity contribution is -0.145. The molecule has 0 amide bonds. The van der Waals surface area contributed by atoms with Crippen LogP contribution in [0.3, 0.4) is 0 Å². The van der Waals surface area contributed by atoms with Crippen LogP contribution in [-0.2, 0) is 28.5 Å². The van der Waals surface area contributed by atoms with Crippen molar-refractivity contribution in [1.29, 1.82) is 0 Å². The summed E-state index contributed by atoms with van der Waals surface area (Å²) in [6, 6.07) is 0. The number of hydrogen-bond acceptors (Lipinski definition) is 6. The van der Waals surface area contributed by atoms with Gasteiger partial charge in [-0.3, -0.25) is 0 Å². The monoisotopic (exact) mass is 204 g/mol. The third-order valence-electron chi connectivity index (χ3n) is 1.36. The van der Waals surface area contributed by atoms with Crippen molar-refractivity contribution < 1.29 is 28.5 Å². The Morgan fingerprint density at radius 1 is 0.643 bits per heavy atom. The molecule has 6 nitrogen and oxygen atoms in total. The van der Waals surface area contributed by atoms with E-state index in [0.717, 1.165) is 14.2 Å². The Kier molecular flexibility index (Phi) is 5.13. The summed E-state index contributed by atoms with van der Waals surface area (Å²) >= 11 is 0. The van der Waals surface area contributed by atoms with Crippen LogP contribution in [-0.4, -0.2) is 40.4 Å². The van der Waals surface area contributed by atoms with Crippen molar-refractivity contribution in [1.82, 2.24) is 0 Å². The van der Waals surface area contributed by atoms with Crippen molar-refractivity contribution in [2.24, 2.45) is 0 Å². The SMILES string of the molecule is COC(=O)/C(OC)=C(\OC)C(=O)OC. The van der Waals surface area contributed by atoms with Gasteiger partial charge in [0.2, 0.25) is 0 Å². The van der Waals surface area contributed by atoms with Crippen molar-refractivity contribution in [2.75, 3.05) is 28.4 Å². The summed E-state index contributed by atoms with van der Waals surface area (Å²) in [4.78, 5) is 22.1. The van der Waals surface area contributed by atoms with Crippen molar-refractivity contribution in [3.8, 4) is 0 Å². The second-order valence-electron chi connectivity index (χ2n) is 2.05. The van der Waals surface area contributed by atoms with Gasteiger partial charge in [-0.05, 0) is 0 Å². The molecule has 0 N–H and O–H groups in total. The molecule has 0 aliphatic rings. The fourth-order valence-electron chi connectivity index (χ4n) is 0.723. The maximum Gasteiger partial charge on any atom is 0.377 e. The first-order valence-corrected chi connectivity index (χ1v) is 3.61. The normalized spacial score (nSPS) is 11.1. The lowest BCUT2D eigenvalue weighted by Crippen LogP contribution is -2.17. The molecule has 0 radical (unpaired) electrons. The topological polar surface area (TPSA) is 71.1 Å². The average Bonchev–Trinajstić information content (AvgIpc) is 2.23. The number of esters is 2. The first-order valence-electron chi connectivity index (χ1n) is 3.61. The molecular formula is C8H12O6. The second kappa shape index (κ2) is 5.85. The van der Waals surface area contributed by atoms with Gasteiger partial charge in [0.05, 0.1) is 28.4 Å². The molecule has 0 aliphatic carbocycles. The molecule has 0 spiro atoms. The predicted octanol–water partition coefficient (Wildman–Crippen LogP) is -0.163. The number of carbonyl (C=O) groups excluding carboxylic acids is 2. The molecule has 0 bridgehead atoms. The molecular weight excluding hydrogens is 192 g/mol. The van der Waals surface area contributed by atoms with E-state index in [1.165, 1.54) is 14.2 Å². The van der Waals surface area contributed by atoms with E-state index in [1.54, 1.807) is 0 Å². The molecule has 0 heterocycles. The van der Waals surface area contributed by atoms with Gasteiger partial charge < -0.3 is 18.9 Å². The van der Waals surface area contributed by atoms with Gasteiger partial charge in [0.25, 0.3) is 11.5 Å². The number of rotatable bonds is 4. The predicted molar refractivity (Wildman–Crippen MR) is 45.1 cm³/mol. The van der Waals surface area contributed by atoms with Crippen LogP contribution in [0.5, 0.6) is 0 Å². The molecule has 0 atom stereocenters. The minimum absolute atomic E-state index is 0.332. The van der Waals surface area contributed by atoms with Gasteiger partial charge in [0, 0.05) is 0 Å². The Balaban J connectivity index is 5.11. The average molecular weight is 204 g/mol. The Morgan fingerprint density at radius 2 is 0.929 bits per heavy atom. The lowest BCUT2D eigenvalue weighted by Gasteiger charge is -2.08. The Hall–Kier alpha value is -1.72. The van der Waals surface area contributed by atoms with E-state index >= 15 is 0 Å². The summed E-state index contributed by atoms with van der Waals surface area (Å²) in [5.74, 6) is -2.28. The molecule has 0 aromatic rings. The third-order valence-corrected chi connectivity index (χ3v) is 1.36. The van der Waals surface area contributed by atoms with Crippen molar-refractivity contribution in [2.45, 2.75) is 0 Å². The highest BCUT2D eigenvalue weighted by atomic mass is 16.6. The molecule has 0 fully saturated rings. The zero-order chi connectivity index (χ0) is 11.1. The van der Waals surface area contributed by atoms with E-state index in [2.05, 4.69) is 18.9 Å². The molecule has 0 unspecified atom stereocenters. The summed E-state index contributed by atoms with van der Waals surface area (Å²) in [7, 11) is 4.75. The van der Waals surface area contributed by atoms with Gasteiger partial charge in [0.1, 0.15) is 0 Å². The van der Waals surface area contributed by atoms with E-state index in [0.29, 0.717) is 0 Å². The molecule has 0 aliphatic heterocycles. The zero-order valence-electron chi connectivity index (χ0n) is 8.45. The van der Waals surface area contributed by atoms with Gasteiger partial charge in [-0.2, -0.15) is 0 Å². The molecule has 0 aromatic carbocycles. The van der Waals surface area contributed by atoms with Crippen LogP contribution in [0.4, 0.5) is 0 Å². The van der Waals surface area contributed by atoms with Crippen LogP contribution in [0, 0.1) is 0 Å². The van der Waals surface area contributed by atoms with Crippen LogP contribution in [0.15, 0.2) is 11.5 Å². The Labute approximate surface area is 81.4 Å². The van der Waals surface area contributed by atoms with Crippen LogP contribution >= 0.6 is 0 Å². The largest absolute Gasteiger partial charge is 0.487 e. The van der Waals surface area contributed by atoms with Crippen LogP contribution in [0.2, 0.25) is 0 Å².